The molecule has 0 aromatic rings. The lowest BCUT2D eigenvalue weighted by atomic mass is 9.99. The van der Waals surface area contributed by atoms with Gasteiger partial charge in [-0.2, -0.15) is 0 Å². The van der Waals surface area contributed by atoms with Crippen molar-refractivity contribution in [2.45, 2.75) is 331 Å². The van der Waals surface area contributed by atoms with Crippen molar-refractivity contribution in [1.29, 1.82) is 0 Å². The van der Waals surface area contributed by atoms with E-state index in [0.717, 1.165) is 114 Å². The second kappa shape index (κ2) is 55.2. The monoisotopic (exact) mass is 1240 g/mol. The molecule has 4 unspecified atom stereocenters. The second-order valence-electron chi connectivity index (χ2n) is 24.9. The second-order valence-corrected chi connectivity index (χ2v) is 27.8. The molecule has 84 heavy (non-hydrogen) atoms. The third-order valence-corrected chi connectivity index (χ3v) is 17.4. The smallest absolute Gasteiger partial charge is 0.462 e. The van der Waals surface area contributed by atoms with Crippen LogP contribution in [-0.4, -0.2) is 96.7 Å². The Kier molecular flexibility index (Phi) is 53.9. The van der Waals surface area contributed by atoms with E-state index in [-0.39, 0.29) is 25.7 Å². The summed E-state index contributed by atoms with van der Waals surface area (Å²) in [7, 11) is -9.89. The minimum atomic E-state index is -4.95. The number of esters is 4. The number of phosphoric ester groups is 2. The molecule has 0 aromatic carbocycles. The number of phosphoric acid groups is 2. The van der Waals surface area contributed by atoms with Gasteiger partial charge in [0, 0.05) is 25.7 Å². The molecule has 0 spiro atoms. The standard InChI is InChI=1S/C65H126O17P2/c1-9-57(7)43-35-27-18-15-16-20-31-39-47-64(69)81-60(51-75-62(67)45-37-29-19-14-12-11-13-17-25-33-41-55(3)4)53-79-83(71,72)77-49-59(66)50-78-84(73,74)80-54-61(52-76-63(68)46-38-30-23-21-26-34-42-56(5)6)82-65(70)48-40-32-24-22-28-36-44-58(8)10-2/h55-61,66H,9-54H2,1-8H3,(H,71,72)(H,73,74)/t57?,58?,59-,60-,61-/m1/s1. The third-order valence-electron chi connectivity index (χ3n) is 15.5. The molecule has 0 fully saturated rings. The van der Waals surface area contributed by atoms with Crippen LogP contribution in [0.25, 0.3) is 0 Å². The van der Waals surface area contributed by atoms with Gasteiger partial charge in [0.15, 0.2) is 12.2 Å². The van der Waals surface area contributed by atoms with Gasteiger partial charge in [-0.25, -0.2) is 9.13 Å². The van der Waals surface area contributed by atoms with Gasteiger partial charge in [-0.1, -0.05) is 261 Å². The number of carbonyl (C=O) groups is 4. The Morgan fingerprint density at radius 3 is 0.845 bits per heavy atom. The maximum absolute atomic E-state index is 13.0. The fraction of sp³-hybridized carbons (Fsp3) is 0.938. The number of hydrogen-bond acceptors (Lipinski definition) is 15. The lowest BCUT2D eigenvalue weighted by Gasteiger charge is -2.21. The normalized spacial score (nSPS) is 15.1. The molecule has 0 aliphatic heterocycles. The van der Waals surface area contributed by atoms with Crippen LogP contribution in [0.15, 0.2) is 0 Å². The summed E-state index contributed by atoms with van der Waals surface area (Å²) in [6.07, 6.45) is 35.0. The molecule has 19 heteroatoms. The maximum atomic E-state index is 13.0. The Hall–Kier alpha value is -1.94. The molecule has 0 saturated heterocycles. The molecule has 0 saturated carbocycles. The summed E-state index contributed by atoms with van der Waals surface area (Å²) >= 11 is 0. The van der Waals surface area contributed by atoms with E-state index in [0.29, 0.717) is 31.6 Å². The first kappa shape index (κ1) is 82.1. The number of unbranched alkanes of at least 4 members (excludes halogenated alkanes) is 26. The van der Waals surface area contributed by atoms with Crippen molar-refractivity contribution in [3.63, 3.8) is 0 Å². The molecule has 0 aromatic heterocycles. The van der Waals surface area contributed by atoms with Gasteiger partial charge in [0.25, 0.3) is 0 Å². The molecule has 498 valence electrons. The molecule has 0 aliphatic rings. The summed E-state index contributed by atoms with van der Waals surface area (Å²) in [5.41, 5.74) is 0. The average molecular weight is 1240 g/mol. The zero-order chi connectivity index (χ0) is 62.5. The zero-order valence-corrected chi connectivity index (χ0v) is 56.3. The van der Waals surface area contributed by atoms with Crippen molar-refractivity contribution in [1.82, 2.24) is 0 Å². The molecular weight excluding hydrogens is 1110 g/mol. The largest absolute Gasteiger partial charge is 0.472 e. The van der Waals surface area contributed by atoms with Crippen LogP contribution in [0.4, 0.5) is 0 Å². The topological polar surface area (TPSA) is 237 Å². The summed E-state index contributed by atoms with van der Waals surface area (Å²) in [6, 6.07) is 0. The lowest BCUT2D eigenvalue weighted by molar-refractivity contribution is -0.161. The Balaban J connectivity index is 5.26. The fourth-order valence-electron chi connectivity index (χ4n) is 9.54. The van der Waals surface area contributed by atoms with E-state index in [1.54, 1.807) is 0 Å². The van der Waals surface area contributed by atoms with Gasteiger partial charge in [-0.15, -0.1) is 0 Å². The highest BCUT2D eigenvalue weighted by Crippen LogP contribution is 2.45. The highest BCUT2D eigenvalue weighted by Gasteiger charge is 2.30. The molecule has 0 bridgehead atoms. The Morgan fingerprint density at radius 2 is 0.571 bits per heavy atom. The predicted molar refractivity (Wildman–Crippen MR) is 335 cm³/mol. The van der Waals surface area contributed by atoms with Crippen LogP contribution in [0, 0.1) is 23.7 Å². The van der Waals surface area contributed by atoms with Crippen molar-refractivity contribution in [3.8, 4) is 0 Å². The van der Waals surface area contributed by atoms with E-state index < -0.39 is 97.5 Å². The van der Waals surface area contributed by atoms with E-state index in [1.165, 1.54) is 109 Å². The van der Waals surface area contributed by atoms with Crippen LogP contribution in [-0.2, 0) is 65.4 Å². The summed E-state index contributed by atoms with van der Waals surface area (Å²) in [5.74, 6) is 0.786. The minimum absolute atomic E-state index is 0.101. The molecule has 7 atom stereocenters. The summed E-state index contributed by atoms with van der Waals surface area (Å²) < 4.78 is 68.0. The van der Waals surface area contributed by atoms with Crippen LogP contribution < -0.4 is 0 Å². The van der Waals surface area contributed by atoms with Crippen LogP contribution in [0.3, 0.4) is 0 Å². The van der Waals surface area contributed by atoms with Crippen LogP contribution in [0.5, 0.6) is 0 Å². The fourth-order valence-corrected chi connectivity index (χ4v) is 11.1. The third kappa shape index (κ3) is 56.6. The van der Waals surface area contributed by atoms with Crippen molar-refractivity contribution in [2.24, 2.45) is 23.7 Å². The molecular formula is C65H126O17P2. The molecule has 0 radical (unpaired) electrons. The number of aliphatic hydroxyl groups excluding tert-OH is 1. The molecule has 3 N–H and O–H groups in total. The van der Waals surface area contributed by atoms with E-state index >= 15 is 0 Å². The Labute approximate surface area is 511 Å². The van der Waals surface area contributed by atoms with Crippen molar-refractivity contribution < 1.29 is 80.2 Å². The molecule has 0 amide bonds. The Morgan fingerprint density at radius 1 is 0.333 bits per heavy atom. The first-order valence-electron chi connectivity index (χ1n) is 33.8. The molecule has 0 heterocycles. The number of hydrogen-bond donors (Lipinski definition) is 3. The number of ether oxygens (including phenoxy) is 4. The highest BCUT2D eigenvalue weighted by molar-refractivity contribution is 7.47. The van der Waals surface area contributed by atoms with Crippen LogP contribution in [0.2, 0.25) is 0 Å². The zero-order valence-electron chi connectivity index (χ0n) is 54.5. The first-order chi connectivity index (χ1) is 40.2. The SMILES string of the molecule is CCC(C)CCCCCCCCCCC(=O)O[C@H](COC(=O)CCCCCCCCCCCCC(C)C)COP(=O)(O)OC[C@@H](O)COP(=O)(O)OC[C@@H](COC(=O)CCCCCCCCC(C)C)OC(=O)CCCCCCCCC(C)CC. The van der Waals surface area contributed by atoms with E-state index in [9.17, 15) is 43.2 Å². The first-order valence-corrected chi connectivity index (χ1v) is 36.8. The Bertz CT molecular complexity index is 1680. The highest BCUT2D eigenvalue weighted by atomic mass is 31.2. The van der Waals surface area contributed by atoms with Crippen molar-refractivity contribution >= 4 is 39.5 Å². The van der Waals surface area contributed by atoms with Gasteiger partial charge < -0.3 is 33.8 Å². The summed E-state index contributed by atoms with van der Waals surface area (Å²) in [6.45, 7) is 14.0. The maximum Gasteiger partial charge on any atom is 0.472 e. The number of carbonyl (C=O) groups excluding carboxylic acids is 4. The van der Waals surface area contributed by atoms with Crippen LogP contribution in [0.1, 0.15) is 312 Å². The van der Waals surface area contributed by atoms with Crippen LogP contribution >= 0.6 is 15.6 Å². The van der Waals surface area contributed by atoms with E-state index in [2.05, 4.69) is 55.4 Å². The van der Waals surface area contributed by atoms with Gasteiger partial charge in [-0.05, 0) is 49.4 Å². The lowest BCUT2D eigenvalue weighted by Crippen LogP contribution is -2.30. The molecule has 0 rings (SSSR count). The number of rotatable bonds is 62. The van der Waals surface area contributed by atoms with Gasteiger partial charge in [0.05, 0.1) is 26.4 Å². The van der Waals surface area contributed by atoms with Gasteiger partial charge in [0.2, 0.25) is 0 Å². The molecule has 17 nitrogen and oxygen atoms in total. The van der Waals surface area contributed by atoms with Gasteiger partial charge >= 0.3 is 39.5 Å². The van der Waals surface area contributed by atoms with Gasteiger partial charge in [-0.3, -0.25) is 37.3 Å². The van der Waals surface area contributed by atoms with Crippen molar-refractivity contribution in [2.75, 3.05) is 39.6 Å². The molecule has 0 aliphatic carbocycles. The summed E-state index contributed by atoms with van der Waals surface area (Å²) in [4.78, 5) is 72.2. The quantitative estimate of drug-likeness (QED) is 0.0222. The minimum Gasteiger partial charge on any atom is -0.462 e. The predicted octanol–water partition coefficient (Wildman–Crippen LogP) is 17.8. The van der Waals surface area contributed by atoms with Gasteiger partial charge in [0.1, 0.15) is 19.3 Å². The van der Waals surface area contributed by atoms with Crippen molar-refractivity contribution in [3.05, 3.63) is 0 Å². The average Bonchev–Trinajstić information content (AvgIpc) is 3.45. The summed E-state index contributed by atoms with van der Waals surface area (Å²) in [5, 5.41) is 10.5. The van der Waals surface area contributed by atoms with E-state index in [4.69, 9.17) is 37.0 Å². The van der Waals surface area contributed by atoms with E-state index in [1.807, 2.05) is 0 Å². The number of aliphatic hydroxyl groups is 1.